The predicted octanol–water partition coefficient (Wildman–Crippen LogP) is 5.83. The first-order chi connectivity index (χ1) is 15.2. The molecule has 0 bridgehead atoms. The number of aryl methyl sites for hydroxylation is 1. The zero-order chi connectivity index (χ0) is 23.4. The van der Waals surface area contributed by atoms with E-state index < -0.39 is 0 Å². The Morgan fingerprint density at radius 1 is 0.839 bits per heavy atom. The van der Waals surface area contributed by atoms with Crippen LogP contribution in [0.2, 0.25) is 0 Å². The summed E-state index contributed by atoms with van der Waals surface area (Å²) in [5.41, 5.74) is 3.28. The molecule has 0 N–H and O–H groups in total. The van der Waals surface area contributed by atoms with Crippen LogP contribution in [0.1, 0.15) is 47.1 Å². The molecule has 4 rings (SSSR count). The minimum Gasteiger partial charge on any atom is -0.512 e. The van der Waals surface area contributed by atoms with E-state index in [1.807, 2.05) is 97.3 Å². The van der Waals surface area contributed by atoms with Crippen LogP contribution in [0.5, 0.6) is 11.5 Å². The molecule has 0 aliphatic carbocycles. The highest BCUT2D eigenvalue weighted by Gasteiger charge is 2.50. The Morgan fingerprint density at radius 3 is 2.10 bits per heavy atom. The summed E-state index contributed by atoms with van der Waals surface area (Å²) in [5.74, 6) is 2.78. The SMILES string of the molecule is CC.CC.CC.COc1cccc(N2B(c3ccccc3)Oc3ccc[n+](C)c32)c1C. The van der Waals surface area contributed by atoms with E-state index in [9.17, 15) is 0 Å². The molecule has 0 saturated heterocycles. The molecule has 1 aromatic heterocycles. The molecule has 0 radical (unpaired) electrons. The van der Waals surface area contributed by atoms with E-state index in [2.05, 4.69) is 34.5 Å². The maximum Gasteiger partial charge on any atom is 0.647 e. The monoisotopic (exact) mass is 421 g/mol. The number of methoxy groups -OCH3 is 1. The smallest absolute Gasteiger partial charge is 0.512 e. The second kappa shape index (κ2) is 13.4. The number of hydrogen-bond donors (Lipinski definition) is 0. The number of hydrogen-bond acceptors (Lipinski definition) is 3. The molecule has 2 aromatic carbocycles. The lowest BCUT2D eigenvalue weighted by Gasteiger charge is -2.19. The van der Waals surface area contributed by atoms with E-state index in [1.54, 1.807) is 7.11 Å². The van der Waals surface area contributed by atoms with Crippen LogP contribution in [0.3, 0.4) is 0 Å². The summed E-state index contributed by atoms with van der Waals surface area (Å²) in [4.78, 5) is 2.24. The number of pyridine rings is 1. The van der Waals surface area contributed by atoms with Gasteiger partial charge < -0.3 is 9.39 Å². The highest BCUT2D eigenvalue weighted by molar-refractivity contribution is 6.74. The van der Waals surface area contributed by atoms with Crippen LogP contribution < -0.4 is 24.2 Å². The van der Waals surface area contributed by atoms with Gasteiger partial charge in [0.2, 0.25) is 0 Å². The lowest BCUT2D eigenvalue weighted by atomic mass is 9.71. The van der Waals surface area contributed by atoms with Crippen molar-refractivity contribution in [1.29, 1.82) is 0 Å². The summed E-state index contributed by atoms with van der Waals surface area (Å²) in [7, 11) is 3.53. The maximum atomic E-state index is 6.33. The third-order valence-electron chi connectivity index (χ3n) is 4.63. The van der Waals surface area contributed by atoms with Crippen LogP contribution in [0.4, 0.5) is 11.5 Å². The Kier molecular flexibility index (Phi) is 11.3. The van der Waals surface area contributed by atoms with Crippen LogP contribution in [-0.2, 0) is 7.05 Å². The largest absolute Gasteiger partial charge is 0.647 e. The molecule has 1 aliphatic heterocycles. The summed E-state index contributed by atoms with van der Waals surface area (Å²) < 4.78 is 14.0. The summed E-state index contributed by atoms with van der Waals surface area (Å²) in [6, 6.07) is 20.4. The Morgan fingerprint density at radius 2 is 1.48 bits per heavy atom. The Labute approximate surface area is 189 Å². The third kappa shape index (κ3) is 5.60. The minimum absolute atomic E-state index is 0.212. The van der Waals surface area contributed by atoms with Gasteiger partial charge in [-0.3, -0.25) is 0 Å². The fourth-order valence-electron chi connectivity index (χ4n) is 3.40. The topological polar surface area (TPSA) is 25.6 Å². The van der Waals surface area contributed by atoms with Gasteiger partial charge >= 0.3 is 12.9 Å². The molecule has 0 fully saturated rings. The molecular formula is C26H38BN2O2+. The van der Waals surface area contributed by atoms with Crippen molar-refractivity contribution in [2.24, 2.45) is 7.05 Å². The highest BCUT2D eigenvalue weighted by Crippen LogP contribution is 2.40. The van der Waals surface area contributed by atoms with Gasteiger partial charge in [-0.05, 0) is 31.2 Å². The van der Waals surface area contributed by atoms with Gasteiger partial charge in [0.1, 0.15) is 11.4 Å². The number of benzene rings is 2. The molecule has 0 saturated carbocycles. The number of aromatic nitrogens is 1. The molecule has 2 heterocycles. The lowest BCUT2D eigenvalue weighted by molar-refractivity contribution is -0.657. The van der Waals surface area contributed by atoms with Crippen molar-refractivity contribution in [1.82, 2.24) is 0 Å². The Balaban J connectivity index is 0.000000739. The fourth-order valence-corrected chi connectivity index (χ4v) is 3.40. The van der Waals surface area contributed by atoms with E-state index >= 15 is 0 Å². The van der Waals surface area contributed by atoms with E-state index in [-0.39, 0.29) is 7.05 Å². The average molecular weight is 421 g/mol. The minimum atomic E-state index is -0.212. The molecular weight excluding hydrogens is 383 g/mol. The number of ether oxygens (including phenoxy) is 1. The third-order valence-corrected chi connectivity index (χ3v) is 4.63. The summed E-state index contributed by atoms with van der Waals surface area (Å²) in [6.45, 7) is 14.1. The van der Waals surface area contributed by atoms with Crippen molar-refractivity contribution < 1.29 is 14.0 Å². The molecule has 5 heteroatoms. The molecule has 4 nitrogen and oxygen atoms in total. The highest BCUT2D eigenvalue weighted by atomic mass is 16.5. The van der Waals surface area contributed by atoms with Gasteiger partial charge in [-0.2, -0.15) is 0 Å². The van der Waals surface area contributed by atoms with E-state index in [1.165, 1.54) is 0 Å². The lowest BCUT2D eigenvalue weighted by Crippen LogP contribution is -2.49. The van der Waals surface area contributed by atoms with Crippen molar-refractivity contribution in [3.8, 4) is 11.5 Å². The van der Waals surface area contributed by atoms with Crippen molar-refractivity contribution in [2.45, 2.75) is 48.5 Å². The summed E-state index contributed by atoms with van der Waals surface area (Å²) >= 11 is 0. The van der Waals surface area contributed by atoms with Crippen molar-refractivity contribution in [2.75, 3.05) is 11.9 Å². The molecule has 0 amide bonds. The standard InChI is InChI=1S/C20H20BN2O2.3C2H6/c1-15-17(11-7-12-18(15)24-3)23-20-19(13-8-14-22(20)2)25-21(23)16-9-5-4-6-10-16;3*1-2/h4-14H,1-3H3;3*1-2H3/q+1;;;. The average Bonchev–Trinajstić information content (AvgIpc) is 3.24. The molecule has 31 heavy (non-hydrogen) atoms. The molecule has 3 aromatic rings. The van der Waals surface area contributed by atoms with Gasteiger partial charge in [-0.15, -0.1) is 0 Å². The summed E-state index contributed by atoms with van der Waals surface area (Å²) in [6.07, 6.45) is 2.04. The second-order valence-electron chi connectivity index (χ2n) is 6.16. The van der Waals surface area contributed by atoms with Crippen molar-refractivity contribution >= 4 is 24.0 Å². The van der Waals surface area contributed by atoms with Crippen LogP contribution in [-0.4, -0.2) is 14.2 Å². The first-order valence-electron chi connectivity index (χ1n) is 11.3. The van der Waals surface area contributed by atoms with E-state index in [4.69, 9.17) is 9.39 Å². The van der Waals surface area contributed by atoms with Crippen LogP contribution >= 0.6 is 0 Å². The van der Waals surface area contributed by atoms with Gasteiger partial charge in [0.25, 0.3) is 0 Å². The van der Waals surface area contributed by atoms with Crippen molar-refractivity contribution in [3.05, 3.63) is 72.4 Å². The van der Waals surface area contributed by atoms with Gasteiger partial charge in [-0.1, -0.05) is 77.9 Å². The number of rotatable bonds is 3. The first kappa shape index (κ1) is 26.1. The second-order valence-corrected chi connectivity index (χ2v) is 6.16. The predicted molar refractivity (Wildman–Crippen MR) is 134 cm³/mol. The first-order valence-corrected chi connectivity index (χ1v) is 11.3. The molecule has 166 valence electrons. The van der Waals surface area contributed by atoms with Gasteiger partial charge in [0.05, 0.1) is 20.4 Å². The van der Waals surface area contributed by atoms with Crippen LogP contribution in [0.25, 0.3) is 0 Å². The molecule has 0 atom stereocenters. The summed E-state index contributed by atoms with van der Waals surface area (Å²) in [5, 5.41) is 0. The fraction of sp³-hybridized carbons (Fsp3) is 0.346. The van der Waals surface area contributed by atoms with Crippen LogP contribution in [0, 0.1) is 6.92 Å². The number of anilines is 2. The van der Waals surface area contributed by atoms with Gasteiger partial charge in [0.15, 0.2) is 5.75 Å². The molecule has 0 spiro atoms. The van der Waals surface area contributed by atoms with E-state index in [0.717, 1.165) is 34.0 Å². The van der Waals surface area contributed by atoms with Gasteiger partial charge in [-0.25, -0.2) is 9.38 Å². The molecule has 0 unspecified atom stereocenters. The Hall–Kier alpha value is -2.95. The quantitative estimate of drug-likeness (QED) is 0.393. The van der Waals surface area contributed by atoms with Crippen molar-refractivity contribution in [3.63, 3.8) is 0 Å². The maximum absolute atomic E-state index is 6.33. The Bertz CT molecular complexity index is 917. The number of nitrogens with zero attached hydrogens (tertiary/aromatic N) is 2. The molecule has 1 aliphatic rings. The van der Waals surface area contributed by atoms with Gasteiger partial charge in [0, 0.05) is 11.0 Å². The number of fused-ring (bicyclic) bond motifs is 1. The zero-order valence-corrected chi connectivity index (χ0v) is 20.6. The van der Waals surface area contributed by atoms with E-state index in [0.29, 0.717) is 0 Å². The zero-order valence-electron chi connectivity index (χ0n) is 20.6. The normalized spacial score (nSPS) is 10.9. The van der Waals surface area contributed by atoms with Crippen LogP contribution in [0.15, 0.2) is 66.9 Å².